The summed E-state index contributed by atoms with van der Waals surface area (Å²) in [5, 5.41) is 10.3. The number of fused-ring (bicyclic) bond motifs is 1. The smallest absolute Gasteiger partial charge is 0.471 e. The summed E-state index contributed by atoms with van der Waals surface area (Å²) in [6, 6.07) is 9.31. The summed E-state index contributed by atoms with van der Waals surface area (Å²) in [5.41, 5.74) is 2.78. The van der Waals surface area contributed by atoms with Crippen LogP contribution in [0.1, 0.15) is 35.1 Å². The van der Waals surface area contributed by atoms with E-state index in [0.29, 0.717) is 17.5 Å². The largest absolute Gasteiger partial charge is 0.508 e. The quantitative estimate of drug-likeness (QED) is 0.726. The number of benzene rings is 2. The van der Waals surface area contributed by atoms with Gasteiger partial charge in [-0.2, -0.15) is 13.2 Å². The third-order valence-electron chi connectivity index (χ3n) is 4.83. The summed E-state index contributed by atoms with van der Waals surface area (Å²) in [6.07, 6.45) is -4.37. The van der Waals surface area contributed by atoms with Crippen LogP contribution < -0.4 is 0 Å². The average molecular weight is 418 g/mol. The van der Waals surface area contributed by atoms with Crippen molar-refractivity contribution in [2.24, 2.45) is 0 Å². The van der Waals surface area contributed by atoms with E-state index >= 15 is 0 Å². The second kappa shape index (κ2) is 8.39. The molecule has 2 aromatic rings. The summed E-state index contributed by atoms with van der Waals surface area (Å²) in [4.78, 5) is 12.4. The molecule has 1 atom stereocenters. The van der Waals surface area contributed by atoms with Crippen LogP contribution in [0.5, 0.6) is 5.75 Å². The van der Waals surface area contributed by atoms with Gasteiger partial charge in [-0.3, -0.25) is 4.79 Å². The minimum Gasteiger partial charge on any atom is -0.508 e. The highest BCUT2D eigenvalue weighted by molar-refractivity contribution is 5.85. The van der Waals surface area contributed by atoms with Gasteiger partial charge in [0.2, 0.25) is 0 Å². The summed E-state index contributed by atoms with van der Waals surface area (Å²) in [6.45, 7) is 1.65. The fraction of sp³-hybridized carbons (Fsp3) is 0.350. The second-order valence-corrected chi connectivity index (χ2v) is 6.89. The normalized spacial score (nSPS) is 16.8. The predicted molar refractivity (Wildman–Crippen MR) is 99.3 cm³/mol. The first-order chi connectivity index (χ1) is 12.6. The molecule has 0 saturated carbocycles. The molecule has 28 heavy (non-hydrogen) atoms. The molecule has 3 nitrogen and oxygen atoms in total. The van der Waals surface area contributed by atoms with Crippen molar-refractivity contribution in [3.8, 4) is 5.75 Å². The van der Waals surface area contributed by atoms with Gasteiger partial charge in [-0.25, -0.2) is 4.39 Å². The Hall–Kier alpha value is -2.28. The Morgan fingerprint density at radius 1 is 1.25 bits per heavy atom. The van der Waals surface area contributed by atoms with Crippen LogP contribution in [0.2, 0.25) is 0 Å². The molecule has 1 aliphatic heterocycles. The first-order valence-corrected chi connectivity index (χ1v) is 8.60. The van der Waals surface area contributed by atoms with Crippen LogP contribution in [0.3, 0.4) is 0 Å². The second-order valence-electron chi connectivity index (χ2n) is 6.89. The van der Waals surface area contributed by atoms with Gasteiger partial charge in [0.05, 0.1) is 0 Å². The van der Waals surface area contributed by atoms with Gasteiger partial charge in [-0.05, 0) is 52.8 Å². The molecule has 1 N–H and O–H groups in total. The van der Waals surface area contributed by atoms with Gasteiger partial charge >= 0.3 is 12.1 Å². The first kappa shape index (κ1) is 22.0. The van der Waals surface area contributed by atoms with Gasteiger partial charge in [0.1, 0.15) is 11.6 Å². The number of rotatable bonds is 2. The van der Waals surface area contributed by atoms with Crippen molar-refractivity contribution in [2.45, 2.75) is 31.9 Å². The maximum atomic E-state index is 13.4. The maximum Gasteiger partial charge on any atom is 0.471 e. The minimum absolute atomic E-state index is 0. The lowest BCUT2D eigenvalue weighted by Crippen LogP contribution is -2.42. The van der Waals surface area contributed by atoms with Gasteiger partial charge < -0.3 is 10.0 Å². The number of alkyl halides is 3. The van der Waals surface area contributed by atoms with Crippen LogP contribution in [-0.4, -0.2) is 35.2 Å². The van der Waals surface area contributed by atoms with Crippen molar-refractivity contribution >= 4 is 18.3 Å². The minimum atomic E-state index is -4.90. The standard InChI is InChI=1S/C20H19F4NO2.ClH/c1-12-11-25(19(27)20(22,23)24)6-5-14-10-18(26)15(9-17(12)14)7-13-3-2-4-16(21)8-13;/h2-4,8-10,12,26H,5-7,11H2,1H3;1H/t12-;/m1./s1. The Morgan fingerprint density at radius 2 is 1.96 bits per heavy atom. The molecule has 0 aliphatic carbocycles. The summed E-state index contributed by atoms with van der Waals surface area (Å²) in [7, 11) is 0. The van der Waals surface area contributed by atoms with E-state index in [4.69, 9.17) is 0 Å². The average Bonchev–Trinajstić information content (AvgIpc) is 2.73. The molecule has 1 heterocycles. The monoisotopic (exact) mass is 417 g/mol. The number of carbonyl (C=O) groups is 1. The summed E-state index contributed by atoms with van der Waals surface area (Å²) < 4.78 is 51.7. The van der Waals surface area contributed by atoms with Crippen LogP contribution in [-0.2, 0) is 17.6 Å². The SMILES string of the molecule is C[C@@H]1CN(C(=O)C(F)(F)F)CCc2cc(O)c(Cc3cccc(F)c3)cc21.Cl. The molecule has 0 saturated heterocycles. The number of carbonyl (C=O) groups excluding carboxylic acids is 1. The van der Waals surface area contributed by atoms with Crippen LogP contribution in [0.15, 0.2) is 36.4 Å². The Balaban J connectivity index is 0.00000280. The number of phenolic OH excluding ortho intramolecular Hbond substituents is 1. The van der Waals surface area contributed by atoms with Crippen molar-refractivity contribution in [1.82, 2.24) is 4.90 Å². The van der Waals surface area contributed by atoms with E-state index in [-0.39, 0.29) is 49.4 Å². The number of hydrogen-bond donors (Lipinski definition) is 1. The van der Waals surface area contributed by atoms with Crippen LogP contribution in [0.25, 0.3) is 0 Å². The number of hydrogen-bond acceptors (Lipinski definition) is 2. The molecular weight excluding hydrogens is 398 g/mol. The van der Waals surface area contributed by atoms with E-state index in [1.807, 2.05) is 0 Å². The van der Waals surface area contributed by atoms with Crippen molar-refractivity contribution in [3.63, 3.8) is 0 Å². The van der Waals surface area contributed by atoms with Gasteiger partial charge in [-0.1, -0.05) is 25.1 Å². The maximum absolute atomic E-state index is 13.4. The number of nitrogens with zero attached hydrogens (tertiary/aromatic N) is 1. The molecule has 8 heteroatoms. The van der Waals surface area contributed by atoms with E-state index in [0.717, 1.165) is 16.0 Å². The van der Waals surface area contributed by atoms with Crippen LogP contribution in [0, 0.1) is 5.82 Å². The van der Waals surface area contributed by atoms with Crippen LogP contribution in [0.4, 0.5) is 17.6 Å². The van der Waals surface area contributed by atoms with Crippen molar-refractivity contribution < 1.29 is 27.5 Å². The first-order valence-electron chi connectivity index (χ1n) is 8.60. The molecule has 2 aromatic carbocycles. The topological polar surface area (TPSA) is 40.5 Å². The van der Waals surface area contributed by atoms with Crippen molar-refractivity contribution in [3.05, 3.63) is 64.5 Å². The highest BCUT2D eigenvalue weighted by Gasteiger charge is 2.43. The predicted octanol–water partition coefficient (Wildman–Crippen LogP) is 4.59. The lowest BCUT2D eigenvalue weighted by molar-refractivity contribution is -0.185. The Morgan fingerprint density at radius 3 is 2.61 bits per heavy atom. The molecular formula is C20H20ClF4NO2. The van der Waals surface area contributed by atoms with E-state index in [9.17, 15) is 27.5 Å². The molecule has 0 fully saturated rings. The zero-order chi connectivity index (χ0) is 19.8. The molecule has 1 amide bonds. The molecule has 0 aromatic heterocycles. The van der Waals surface area contributed by atoms with Gasteiger partial charge in [0.25, 0.3) is 0 Å². The fourth-order valence-electron chi connectivity index (χ4n) is 3.52. The molecule has 152 valence electrons. The Kier molecular flexibility index (Phi) is 6.59. The van der Waals surface area contributed by atoms with E-state index in [1.54, 1.807) is 31.2 Å². The lowest BCUT2D eigenvalue weighted by atomic mass is 9.91. The zero-order valence-corrected chi connectivity index (χ0v) is 15.9. The summed E-state index contributed by atoms with van der Waals surface area (Å²) >= 11 is 0. The summed E-state index contributed by atoms with van der Waals surface area (Å²) in [5.74, 6) is -2.52. The van der Waals surface area contributed by atoms with Gasteiger partial charge in [0, 0.05) is 19.5 Å². The van der Waals surface area contributed by atoms with Crippen LogP contribution >= 0.6 is 12.4 Å². The molecule has 0 spiro atoms. The van der Waals surface area contributed by atoms with Crippen molar-refractivity contribution in [2.75, 3.05) is 13.1 Å². The van der Waals surface area contributed by atoms with Crippen molar-refractivity contribution in [1.29, 1.82) is 0 Å². The molecule has 0 unspecified atom stereocenters. The third-order valence-corrected chi connectivity index (χ3v) is 4.83. The third kappa shape index (κ3) is 4.76. The molecule has 0 bridgehead atoms. The van der Waals surface area contributed by atoms with E-state index < -0.39 is 12.1 Å². The van der Waals surface area contributed by atoms with E-state index in [1.165, 1.54) is 12.1 Å². The highest BCUT2D eigenvalue weighted by atomic mass is 35.5. The Bertz CT molecular complexity index is 870. The molecule has 0 radical (unpaired) electrons. The highest BCUT2D eigenvalue weighted by Crippen LogP contribution is 2.33. The number of aromatic hydroxyl groups is 1. The lowest BCUT2D eigenvalue weighted by Gasteiger charge is -2.24. The molecule has 3 rings (SSSR count). The number of halogens is 5. The number of phenols is 1. The van der Waals surface area contributed by atoms with Gasteiger partial charge in [-0.15, -0.1) is 12.4 Å². The van der Waals surface area contributed by atoms with E-state index in [2.05, 4.69) is 0 Å². The van der Waals surface area contributed by atoms with Gasteiger partial charge in [0.15, 0.2) is 0 Å². The zero-order valence-electron chi connectivity index (χ0n) is 15.1. The molecule has 1 aliphatic rings. The number of amides is 1. The fourth-order valence-corrected chi connectivity index (χ4v) is 3.52. The Labute approximate surface area is 166 Å².